The van der Waals surface area contributed by atoms with Crippen LogP contribution >= 0.6 is 0 Å². The third-order valence-electron chi connectivity index (χ3n) is 4.38. The van der Waals surface area contributed by atoms with Crippen molar-refractivity contribution in [1.82, 2.24) is 20.0 Å². The summed E-state index contributed by atoms with van der Waals surface area (Å²) >= 11 is 0. The first-order valence-corrected chi connectivity index (χ1v) is 7.76. The number of nitrogens with zero attached hydrogens (tertiary/aromatic N) is 4. The van der Waals surface area contributed by atoms with Gasteiger partial charge in [-0.3, -0.25) is 9.78 Å². The predicted molar refractivity (Wildman–Crippen MR) is 78.5 cm³/mol. The van der Waals surface area contributed by atoms with Gasteiger partial charge in [0.15, 0.2) is 5.82 Å². The lowest BCUT2D eigenvalue weighted by molar-refractivity contribution is 0.0789. The quantitative estimate of drug-likeness (QED) is 0.869. The number of hydrogen-bond donors (Lipinski definition) is 0. The van der Waals surface area contributed by atoms with Crippen molar-refractivity contribution >= 4 is 5.91 Å². The molecule has 114 valence electrons. The highest BCUT2D eigenvalue weighted by atomic mass is 16.5. The topological polar surface area (TPSA) is 72.1 Å². The fourth-order valence-corrected chi connectivity index (χ4v) is 2.84. The lowest BCUT2D eigenvalue weighted by atomic mass is 10.1. The highest BCUT2D eigenvalue weighted by Crippen LogP contribution is 2.39. The van der Waals surface area contributed by atoms with Crippen LogP contribution in [-0.2, 0) is 0 Å². The van der Waals surface area contributed by atoms with Gasteiger partial charge in [0.2, 0.25) is 5.89 Å². The number of pyridine rings is 1. The van der Waals surface area contributed by atoms with E-state index in [1.807, 2.05) is 24.0 Å². The molecule has 1 amide bonds. The van der Waals surface area contributed by atoms with Crippen LogP contribution in [0.25, 0.3) is 0 Å². The zero-order chi connectivity index (χ0) is 15.1. The Bertz CT molecular complexity index is 690. The highest BCUT2D eigenvalue weighted by molar-refractivity contribution is 5.94. The maximum atomic E-state index is 12.5. The number of carbonyl (C=O) groups is 1. The number of carbonyl (C=O) groups excluding carboxylic acids is 1. The van der Waals surface area contributed by atoms with Crippen molar-refractivity contribution in [3.63, 3.8) is 0 Å². The first-order chi connectivity index (χ1) is 10.7. The van der Waals surface area contributed by atoms with Gasteiger partial charge in [0.1, 0.15) is 0 Å². The summed E-state index contributed by atoms with van der Waals surface area (Å²) in [5.74, 6) is 2.19. The van der Waals surface area contributed by atoms with Crippen LogP contribution in [-0.4, -0.2) is 39.0 Å². The van der Waals surface area contributed by atoms with Crippen molar-refractivity contribution in [2.45, 2.75) is 38.0 Å². The summed E-state index contributed by atoms with van der Waals surface area (Å²) < 4.78 is 5.39. The molecule has 6 nitrogen and oxygen atoms in total. The summed E-state index contributed by atoms with van der Waals surface area (Å²) in [5, 5.41) is 4.06. The maximum absolute atomic E-state index is 12.5. The number of aromatic nitrogens is 3. The van der Waals surface area contributed by atoms with Crippen LogP contribution in [0.3, 0.4) is 0 Å². The molecule has 1 aliphatic carbocycles. The lowest BCUT2D eigenvalue weighted by Crippen LogP contribution is -2.28. The Labute approximate surface area is 128 Å². The lowest BCUT2D eigenvalue weighted by Gasteiger charge is -2.15. The number of rotatable bonds is 3. The van der Waals surface area contributed by atoms with Gasteiger partial charge in [-0.2, -0.15) is 4.98 Å². The molecule has 0 unspecified atom stereocenters. The van der Waals surface area contributed by atoms with E-state index in [9.17, 15) is 4.79 Å². The Morgan fingerprint density at radius 2 is 2.14 bits per heavy atom. The molecule has 6 heteroatoms. The van der Waals surface area contributed by atoms with Gasteiger partial charge in [-0.15, -0.1) is 0 Å². The summed E-state index contributed by atoms with van der Waals surface area (Å²) in [5.41, 5.74) is 1.55. The first-order valence-electron chi connectivity index (χ1n) is 7.76. The standard InChI is InChI=1S/C16H18N4O2/c1-10-2-3-12(8-17-10)16(21)20-7-6-13(9-20)15-18-14(19-22-15)11-4-5-11/h2-3,8,11,13H,4-7,9H2,1H3/t13-/m1/s1. The summed E-state index contributed by atoms with van der Waals surface area (Å²) in [6.45, 7) is 3.27. The number of amides is 1. The van der Waals surface area contributed by atoms with Gasteiger partial charge in [0, 0.05) is 30.9 Å². The van der Waals surface area contributed by atoms with E-state index in [2.05, 4.69) is 15.1 Å². The molecule has 2 fully saturated rings. The van der Waals surface area contributed by atoms with Gasteiger partial charge in [-0.25, -0.2) is 0 Å². The van der Waals surface area contributed by atoms with E-state index < -0.39 is 0 Å². The molecule has 2 aromatic heterocycles. The van der Waals surface area contributed by atoms with Gasteiger partial charge in [0.05, 0.1) is 11.5 Å². The molecule has 1 atom stereocenters. The van der Waals surface area contributed by atoms with Crippen LogP contribution in [0.4, 0.5) is 0 Å². The zero-order valence-electron chi connectivity index (χ0n) is 12.5. The van der Waals surface area contributed by atoms with E-state index in [4.69, 9.17) is 4.52 Å². The maximum Gasteiger partial charge on any atom is 0.255 e. The van der Waals surface area contributed by atoms with E-state index in [-0.39, 0.29) is 11.8 Å². The van der Waals surface area contributed by atoms with E-state index in [0.29, 0.717) is 23.9 Å². The smallest absolute Gasteiger partial charge is 0.255 e. The Morgan fingerprint density at radius 3 is 2.86 bits per heavy atom. The van der Waals surface area contributed by atoms with Crippen molar-refractivity contribution in [2.75, 3.05) is 13.1 Å². The molecule has 0 aromatic carbocycles. The second kappa shape index (κ2) is 5.19. The molecule has 0 radical (unpaired) electrons. The molecule has 22 heavy (non-hydrogen) atoms. The Kier molecular flexibility index (Phi) is 3.17. The summed E-state index contributed by atoms with van der Waals surface area (Å²) in [7, 11) is 0. The zero-order valence-corrected chi connectivity index (χ0v) is 12.5. The van der Waals surface area contributed by atoms with Crippen LogP contribution in [0.2, 0.25) is 0 Å². The monoisotopic (exact) mass is 298 g/mol. The third kappa shape index (κ3) is 2.49. The minimum absolute atomic E-state index is 0.0249. The second-order valence-corrected chi connectivity index (χ2v) is 6.19. The molecular weight excluding hydrogens is 280 g/mol. The van der Waals surface area contributed by atoms with E-state index >= 15 is 0 Å². The summed E-state index contributed by atoms with van der Waals surface area (Å²) in [6, 6.07) is 3.69. The molecule has 0 spiro atoms. The number of hydrogen-bond acceptors (Lipinski definition) is 5. The van der Waals surface area contributed by atoms with Crippen LogP contribution in [0.15, 0.2) is 22.9 Å². The molecule has 4 rings (SSSR count). The van der Waals surface area contributed by atoms with Gasteiger partial charge in [-0.05, 0) is 38.3 Å². The SMILES string of the molecule is Cc1ccc(C(=O)N2CC[C@@H](c3nc(C4CC4)no3)C2)cn1. The van der Waals surface area contributed by atoms with Crippen molar-refractivity contribution in [3.05, 3.63) is 41.3 Å². The first kappa shape index (κ1) is 13.4. The molecule has 2 aliphatic rings. The molecule has 1 aliphatic heterocycles. The van der Waals surface area contributed by atoms with E-state index in [1.54, 1.807) is 6.20 Å². The molecule has 3 heterocycles. The predicted octanol–water partition coefficient (Wildman–Crippen LogP) is 2.28. The minimum Gasteiger partial charge on any atom is -0.339 e. The van der Waals surface area contributed by atoms with E-state index in [0.717, 1.165) is 37.3 Å². The van der Waals surface area contributed by atoms with Gasteiger partial charge < -0.3 is 9.42 Å². The molecule has 2 aromatic rings. The molecule has 0 bridgehead atoms. The average molecular weight is 298 g/mol. The third-order valence-corrected chi connectivity index (χ3v) is 4.38. The normalized spacial score (nSPS) is 21.3. The number of likely N-dealkylation sites (tertiary alicyclic amines) is 1. The molecule has 1 saturated carbocycles. The van der Waals surface area contributed by atoms with Crippen molar-refractivity contribution in [1.29, 1.82) is 0 Å². The van der Waals surface area contributed by atoms with E-state index in [1.165, 1.54) is 0 Å². The number of aryl methyl sites for hydroxylation is 1. The van der Waals surface area contributed by atoms with Crippen molar-refractivity contribution in [3.8, 4) is 0 Å². The van der Waals surface area contributed by atoms with Crippen LogP contribution in [0.5, 0.6) is 0 Å². The van der Waals surface area contributed by atoms with Crippen LogP contribution in [0.1, 0.15) is 58.9 Å². The fourth-order valence-electron chi connectivity index (χ4n) is 2.84. The Morgan fingerprint density at radius 1 is 1.27 bits per heavy atom. The summed E-state index contributed by atoms with van der Waals surface area (Å²) in [4.78, 5) is 23.0. The van der Waals surface area contributed by atoms with Crippen molar-refractivity contribution < 1.29 is 9.32 Å². The molecular formula is C16H18N4O2. The fraction of sp³-hybridized carbons (Fsp3) is 0.500. The highest BCUT2D eigenvalue weighted by Gasteiger charge is 2.34. The van der Waals surface area contributed by atoms with Crippen molar-refractivity contribution in [2.24, 2.45) is 0 Å². The Balaban J connectivity index is 1.44. The average Bonchev–Trinajstić information content (AvgIpc) is 3.07. The van der Waals surface area contributed by atoms with Gasteiger partial charge >= 0.3 is 0 Å². The summed E-state index contributed by atoms with van der Waals surface area (Å²) in [6.07, 6.45) is 4.84. The van der Waals surface area contributed by atoms with Gasteiger partial charge in [0.25, 0.3) is 5.91 Å². The second-order valence-electron chi connectivity index (χ2n) is 6.19. The minimum atomic E-state index is 0.0249. The molecule has 1 saturated heterocycles. The Hall–Kier alpha value is -2.24. The molecule has 0 N–H and O–H groups in total. The van der Waals surface area contributed by atoms with Crippen LogP contribution in [0, 0.1) is 6.92 Å². The van der Waals surface area contributed by atoms with Crippen LogP contribution < -0.4 is 0 Å². The largest absolute Gasteiger partial charge is 0.339 e. The van der Waals surface area contributed by atoms with Gasteiger partial charge in [-0.1, -0.05) is 5.16 Å².